The molecule has 0 radical (unpaired) electrons. The number of benzene rings is 1. The van der Waals surface area contributed by atoms with Gasteiger partial charge in [-0.2, -0.15) is 0 Å². The second kappa shape index (κ2) is 7.47. The maximum absolute atomic E-state index is 14.0. The second-order valence-electron chi connectivity index (χ2n) is 6.07. The second-order valence-corrected chi connectivity index (χ2v) is 9.45. The average Bonchev–Trinajstić information content (AvgIpc) is 3.07. The van der Waals surface area contributed by atoms with Gasteiger partial charge in [0.2, 0.25) is 0 Å². The van der Waals surface area contributed by atoms with E-state index < -0.39 is 57.4 Å². The predicted molar refractivity (Wildman–Crippen MR) is 100 cm³/mol. The topological polar surface area (TPSA) is 95.0 Å². The number of carbonyl (C=O) groups is 2. The van der Waals surface area contributed by atoms with Crippen LogP contribution < -0.4 is 10.4 Å². The highest BCUT2D eigenvalue weighted by Gasteiger charge is 2.46. The molecule has 1 aliphatic heterocycles. The SMILES string of the molecule is O=C([O-])CC1Nc2cc(Cl)cnc2[S+](Cc2nc3c(F)c(F)cc(F)c3s2)C1=O. The molecule has 0 amide bonds. The molecule has 6 nitrogen and oxygen atoms in total. The van der Waals surface area contributed by atoms with Crippen LogP contribution in [0.3, 0.4) is 0 Å². The van der Waals surface area contributed by atoms with Crippen molar-refractivity contribution < 1.29 is 27.9 Å². The first-order valence-electron chi connectivity index (χ1n) is 8.04. The molecule has 1 aliphatic rings. The predicted octanol–water partition coefficient (Wildman–Crippen LogP) is 2.40. The minimum atomic E-state index is -1.42. The van der Waals surface area contributed by atoms with Crippen molar-refractivity contribution in [2.24, 2.45) is 0 Å². The first kappa shape index (κ1) is 19.9. The quantitative estimate of drug-likeness (QED) is 0.475. The van der Waals surface area contributed by atoms with Crippen molar-refractivity contribution >= 4 is 60.8 Å². The third kappa shape index (κ3) is 3.65. The normalized spacial score (nSPS) is 18.6. The lowest BCUT2D eigenvalue weighted by Crippen LogP contribution is -2.44. The van der Waals surface area contributed by atoms with Crippen LogP contribution in [0.1, 0.15) is 11.4 Å². The van der Waals surface area contributed by atoms with Gasteiger partial charge in [0.05, 0.1) is 15.9 Å². The van der Waals surface area contributed by atoms with Crippen LogP contribution in [0.5, 0.6) is 0 Å². The van der Waals surface area contributed by atoms with Crippen molar-refractivity contribution in [1.29, 1.82) is 0 Å². The number of hydrogen-bond acceptors (Lipinski definition) is 7. The molecule has 2 atom stereocenters. The van der Waals surface area contributed by atoms with Crippen molar-refractivity contribution in [3.63, 3.8) is 0 Å². The molecular formula is C17H9ClF3N3O3S2. The molecule has 0 fully saturated rings. The van der Waals surface area contributed by atoms with Gasteiger partial charge in [-0.15, -0.1) is 11.3 Å². The molecule has 2 unspecified atom stereocenters. The fraction of sp³-hybridized carbons (Fsp3) is 0.176. The first-order valence-corrected chi connectivity index (χ1v) is 10.6. The molecule has 0 saturated carbocycles. The minimum Gasteiger partial charge on any atom is -0.550 e. The summed E-state index contributed by atoms with van der Waals surface area (Å²) >= 11 is 6.73. The number of thiazole rings is 1. The molecule has 0 bridgehead atoms. The molecule has 1 N–H and O–H groups in total. The Morgan fingerprint density at radius 1 is 1.31 bits per heavy atom. The molecule has 12 heteroatoms. The van der Waals surface area contributed by atoms with Gasteiger partial charge in [0.1, 0.15) is 39.0 Å². The number of aliphatic carboxylic acids is 1. The van der Waals surface area contributed by atoms with E-state index in [4.69, 9.17) is 11.6 Å². The fourth-order valence-electron chi connectivity index (χ4n) is 2.89. The number of rotatable bonds is 4. The first-order chi connectivity index (χ1) is 13.7. The van der Waals surface area contributed by atoms with E-state index in [1.54, 1.807) is 0 Å². The number of nitrogens with one attached hydrogen (secondary N) is 1. The lowest BCUT2D eigenvalue weighted by atomic mass is 10.2. The van der Waals surface area contributed by atoms with Gasteiger partial charge < -0.3 is 15.2 Å². The van der Waals surface area contributed by atoms with Crippen molar-refractivity contribution in [2.75, 3.05) is 5.32 Å². The maximum Gasteiger partial charge on any atom is 0.361 e. The summed E-state index contributed by atoms with van der Waals surface area (Å²) in [5.74, 6) is -5.07. The number of aromatic nitrogens is 2. The van der Waals surface area contributed by atoms with Gasteiger partial charge in [0, 0.05) is 18.5 Å². The van der Waals surface area contributed by atoms with Gasteiger partial charge in [0.15, 0.2) is 17.4 Å². The summed E-state index contributed by atoms with van der Waals surface area (Å²) in [6.45, 7) is 0. The number of carbonyl (C=O) groups excluding carboxylic acids is 2. The van der Waals surface area contributed by atoms with Gasteiger partial charge in [0.25, 0.3) is 5.03 Å². The monoisotopic (exact) mass is 459 g/mol. The number of nitrogens with zero attached hydrogens (tertiary/aromatic N) is 2. The van der Waals surface area contributed by atoms with Gasteiger partial charge in [-0.3, -0.25) is 0 Å². The molecule has 0 aliphatic carbocycles. The number of carboxylic acids is 1. The van der Waals surface area contributed by atoms with Crippen LogP contribution in [0, 0.1) is 17.5 Å². The van der Waals surface area contributed by atoms with Crippen LogP contribution >= 0.6 is 22.9 Å². The lowest BCUT2D eigenvalue weighted by Gasteiger charge is -2.23. The fourth-order valence-corrected chi connectivity index (χ4v) is 6.23. The molecular weight excluding hydrogens is 451 g/mol. The number of pyridine rings is 1. The Morgan fingerprint density at radius 2 is 2.07 bits per heavy atom. The van der Waals surface area contributed by atoms with Crippen molar-refractivity contribution in [3.05, 3.63) is 45.8 Å². The Balaban J connectivity index is 1.76. The summed E-state index contributed by atoms with van der Waals surface area (Å²) in [4.78, 5) is 32.0. The molecule has 3 aromatic rings. The van der Waals surface area contributed by atoms with Gasteiger partial charge in [-0.05, 0) is 6.07 Å². The van der Waals surface area contributed by atoms with Crippen molar-refractivity contribution in [1.82, 2.24) is 9.97 Å². The van der Waals surface area contributed by atoms with E-state index in [2.05, 4.69) is 15.3 Å². The van der Waals surface area contributed by atoms with E-state index >= 15 is 0 Å². The zero-order chi connectivity index (χ0) is 20.9. The van der Waals surface area contributed by atoms with E-state index in [-0.39, 0.29) is 20.5 Å². The average molecular weight is 460 g/mol. The van der Waals surface area contributed by atoms with Gasteiger partial charge in [-0.25, -0.2) is 27.9 Å². The van der Waals surface area contributed by atoms with E-state index in [1.165, 1.54) is 12.3 Å². The molecule has 150 valence electrons. The van der Waals surface area contributed by atoms with E-state index in [0.29, 0.717) is 16.8 Å². The van der Waals surface area contributed by atoms with E-state index in [1.807, 2.05) is 0 Å². The Kier molecular flexibility index (Phi) is 5.13. The highest BCUT2D eigenvalue weighted by atomic mass is 35.5. The zero-order valence-electron chi connectivity index (χ0n) is 14.2. The van der Waals surface area contributed by atoms with E-state index in [9.17, 15) is 27.9 Å². The summed E-state index contributed by atoms with van der Waals surface area (Å²) in [5.41, 5.74) is -0.0690. The summed E-state index contributed by atoms with van der Waals surface area (Å²) in [6.07, 6.45) is 0.768. The van der Waals surface area contributed by atoms with Crippen molar-refractivity contribution in [3.8, 4) is 0 Å². The molecule has 3 heterocycles. The molecule has 29 heavy (non-hydrogen) atoms. The van der Waals surface area contributed by atoms with Crippen LogP contribution in [-0.4, -0.2) is 27.1 Å². The molecule has 0 spiro atoms. The van der Waals surface area contributed by atoms with Crippen LogP contribution in [-0.2, 0) is 26.2 Å². The largest absolute Gasteiger partial charge is 0.550 e. The van der Waals surface area contributed by atoms with Crippen LogP contribution in [0.4, 0.5) is 18.9 Å². The van der Waals surface area contributed by atoms with E-state index in [0.717, 1.165) is 11.3 Å². The Labute approximate surface area is 173 Å². The summed E-state index contributed by atoms with van der Waals surface area (Å²) in [6, 6.07) is 0.870. The van der Waals surface area contributed by atoms with Crippen LogP contribution in [0.2, 0.25) is 5.02 Å². The molecule has 4 rings (SSSR count). The standard InChI is InChI=1S/C17H9ClF3N3O3S2/c18-6-1-9-16(22-4-6)29(17(27)10(23-9)3-12(25)26)5-11-24-14-13(21)7(19)2-8(20)15(14)28-11/h1-2,4,10,23H,3,5H2. The van der Waals surface area contributed by atoms with Gasteiger partial charge >= 0.3 is 5.12 Å². The summed E-state index contributed by atoms with van der Waals surface area (Å²) in [5, 5.41) is 14.1. The zero-order valence-corrected chi connectivity index (χ0v) is 16.6. The van der Waals surface area contributed by atoms with Crippen LogP contribution in [0.15, 0.2) is 23.4 Å². The third-order valence-electron chi connectivity index (χ3n) is 4.11. The maximum atomic E-state index is 14.0. The highest BCUT2D eigenvalue weighted by molar-refractivity contribution is 8.10. The third-order valence-corrected chi connectivity index (χ3v) is 7.68. The van der Waals surface area contributed by atoms with Gasteiger partial charge in [-0.1, -0.05) is 11.6 Å². The number of halogens is 4. The Hall–Kier alpha value is -2.37. The summed E-state index contributed by atoms with van der Waals surface area (Å²) in [7, 11) is -1.27. The lowest BCUT2D eigenvalue weighted by molar-refractivity contribution is -0.305. The number of carboxylic acid groups (broad SMARTS) is 1. The smallest absolute Gasteiger partial charge is 0.361 e. The highest BCUT2D eigenvalue weighted by Crippen LogP contribution is 2.36. The molecule has 0 saturated heterocycles. The molecule has 2 aromatic heterocycles. The van der Waals surface area contributed by atoms with Crippen LogP contribution in [0.25, 0.3) is 10.2 Å². The number of anilines is 1. The minimum absolute atomic E-state index is 0.0639. The Morgan fingerprint density at radius 3 is 2.79 bits per heavy atom. The summed E-state index contributed by atoms with van der Waals surface area (Å²) < 4.78 is 41.2. The van der Waals surface area contributed by atoms with Crippen molar-refractivity contribution in [2.45, 2.75) is 23.2 Å². The molecule has 1 aromatic carbocycles. The number of hydrogen-bond donors (Lipinski definition) is 1. The Bertz CT molecular complexity index is 1170. The number of fused-ring (bicyclic) bond motifs is 2.